The number of rotatable bonds is 6. The smallest absolute Gasteiger partial charge is 0.321 e. The lowest BCUT2D eigenvalue weighted by Crippen LogP contribution is -2.43. The van der Waals surface area contributed by atoms with Crippen LogP contribution in [0.15, 0.2) is 33.6 Å². The summed E-state index contributed by atoms with van der Waals surface area (Å²) in [4.78, 5) is 11.0. The summed E-state index contributed by atoms with van der Waals surface area (Å²) >= 11 is 3.20. The third kappa shape index (κ3) is 3.79. The van der Waals surface area contributed by atoms with Crippen molar-refractivity contribution < 1.29 is 18.3 Å². The summed E-state index contributed by atoms with van der Waals surface area (Å²) in [6, 6.07) is 6.46. The van der Waals surface area contributed by atoms with Gasteiger partial charge in [0.2, 0.25) is 10.0 Å². The summed E-state index contributed by atoms with van der Waals surface area (Å²) in [6.07, 6.45) is -0.0760. The van der Waals surface area contributed by atoms with Crippen LogP contribution >= 0.6 is 15.9 Å². The maximum Gasteiger partial charge on any atom is 0.321 e. The van der Waals surface area contributed by atoms with Crippen LogP contribution in [0.1, 0.15) is 13.3 Å². The van der Waals surface area contributed by atoms with Crippen LogP contribution in [0.2, 0.25) is 0 Å². The lowest BCUT2D eigenvalue weighted by molar-refractivity contribution is -0.140. The second-order valence-corrected chi connectivity index (χ2v) is 6.80. The standard InChI is InChI=1S/C12H13BrN2O4S/c1-9(12(16)17)15(8-2-7-14)20(18,19)11-5-3-10(13)4-6-11/h3-6,9H,2,8H2,1H3,(H,16,17). The van der Waals surface area contributed by atoms with Crippen molar-refractivity contribution in [1.82, 2.24) is 4.31 Å². The van der Waals surface area contributed by atoms with Crippen molar-refractivity contribution in [3.8, 4) is 6.07 Å². The van der Waals surface area contributed by atoms with Crippen molar-refractivity contribution in [3.63, 3.8) is 0 Å². The molecule has 0 bridgehead atoms. The fourth-order valence-corrected chi connectivity index (χ4v) is 3.40. The highest BCUT2D eigenvalue weighted by Gasteiger charge is 2.32. The normalized spacial score (nSPS) is 12.9. The first kappa shape index (κ1) is 16.6. The van der Waals surface area contributed by atoms with Gasteiger partial charge in [0.05, 0.1) is 11.0 Å². The third-order valence-electron chi connectivity index (χ3n) is 2.65. The summed E-state index contributed by atoms with van der Waals surface area (Å²) in [5.74, 6) is -1.26. The van der Waals surface area contributed by atoms with Crippen molar-refractivity contribution >= 4 is 31.9 Å². The van der Waals surface area contributed by atoms with E-state index in [2.05, 4.69) is 15.9 Å². The molecule has 8 heteroatoms. The van der Waals surface area contributed by atoms with E-state index in [0.29, 0.717) is 4.47 Å². The minimum absolute atomic E-state index is 0.00765. The van der Waals surface area contributed by atoms with Crippen LogP contribution in [0.4, 0.5) is 0 Å². The molecule has 0 fully saturated rings. The number of hydrogen-bond donors (Lipinski definition) is 1. The monoisotopic (exact) mass is 360 g/mol. The molecule has 1 rings (SSSR count). The first-order chi connectivity index (χ1) is 9.30. The van der Waals surface area contributed by atoms with Crippen molar-refractivity contribution in [2.24, 2.45) is 0 Å². The first-order valence-corrected chi connectivity index (χ1v) is 7.91. The van der Waals surface area contributed by atoms with Crippen LogP contribution < -0.4 is 0 Å². The number of nitrogens with zero attached hydrogens (tertiary/aromatic N) is 2. The Morgan fingerprint density at radius 1 is 1.45 bits per heavy atom. The summed E-state index contributed by atoms with van der Waals surface area (Å²) in [7, 11) is -3.95. The molecule has 0 aliphatic rings. The zero-order valence-corrected chi connectivity index (χ0v) is 13.1. The Labute approximate surface area is 125 Å². The molecular formula is C12H13BrN2O4S. The van der Waals surface area contributed by atoms with Gasteiger partial charge < -0.3 is 5.11 Å². The van der Waals surface area contributed by atoms with Gasteiger partial charge in [0.15, 0.2) is 0 Å². The van der Waals surface area contributed by atoms with E-state index < -0.39 is 22.0 Å². The van der Waals surface area contributed by atoms with Crippen LogP contribution in [-0.2, 0) is 14.8 Å². The zero-order chi connectivity index (χ0) is 15.3. The highest BCUT2D eigenvalue weighted by Crippen LogP contribution is 2.21. The number of benzene rings is 1. The van der Waals surface area contributed by atoms with Crippen LogP contribution in [-0.4, -0.2) is 36.4 Å². The molecule has 6 nitrogen and oxygen atoms in total. The summed E-state index contributed by atoms with van der Waals surface area (Å²) in [5.41, 5.74) is 0. The third-order valence-corrected chi connectivity index (χ3v) is 5.17. The lowest BCUT2D eigenvalue weighted by atomic mass is 10.3. The largest absolute Gasteiger partial charge is 0.480 e. The average Bonchev–Trinajstić information content (AvgIpc) is 2.39. The minimum Gasteiger partial charge on any atom is -0.480 e. The van der Waals surface area contributed by atoms with Crippen LogP contribution in [0.5, 0.6) is 0 Å². The van der Waals surface area contributed by atoms with E-state index in [-0.39, 0.29) is 17.9 Å². The molecule has 0 saturated heterocycles. The number of hydrogen-bond acceptors (Lipinski definition) is 4. The van der Waals surface area contributed by atoms with Crippen molar-refractivity contribution in [2.45, 2.75) is 24.3 Å². The number of sulfonamides is 1. The maximum absolute atomic E-state index is 12.4. The number of nitriles is 1. The molecule has 1 N–H and O–H groups in total. The summed E-state index contributed by atoms with van der Waals surface area (Å²) < 4.78 is 26.4. The summed E-state index contributed by atoms with van der Waals surface area (Å²) in [6.45, 7) is 1.11. The second-order valence-electron chi connectivity index (χ2n) is 3.99. The second kappa shape index (κ2) is 6.83. The van der Waals surface area contributed by atoms with E-state index in [4.69, 9.17) is 10.4 Å². The summed E-state index contributed by atoms with van der Waals surface area (Å²) in [5, 5.41) is 17.6. The fourth-order valence-electron chi connectivity index (χ4n) is 1.55. The van der Waals surface area contributed by atoms with Gasteiger partial charge in [-0.25, -0.2) is 8.42 Å². The van der Waals surface area contributed by atoms with Gasteiger partial charge in [-0.1, -0.05) is 15.9 Å². The Bertz CT molecular complexity index is 622. The molecule has 1 unspecified atom stereocenters. The van der Waals surface area contributed by atoms with E-state index in [1.54, 1.807) is 12.1 Å². The number of carbonyl (C=O) groups is 1. The van der Waals surface area contributed by atoms with Crippen molar-refractivity contribution in [1.29, 1.82) is 5.26 Å². The molecule has 1 aromatic carbocycles. The van der Waals surface area contributed by atoms with Crippen LogP contribution in [0.3, 0.4) is 0 Å². The Kier molecular flexibility index (Phi) is 5.68. The maximum atomic E-state index is 12.4. The van der Waals surface area contributed by atoms with Crippen molar-refractivity contribution in [2.75, 3.05) is 6.54 Å². The van der Waals surface area contributed by atoms with Crippen LogP contribution in [0.25, 0.3) is 0 Å². The van der Waals surface area contributed by atoms with Gasteiger partial charge in [0.1, 0.15) is 6.04 Å². The van der Waals surface area contributed by atoms with E-state index in [9.17, 15) is 13.2 Å². The molecule has 0 radical (unpaired) electrons. The number of halogens is 1. The van der Waals surface area contributed by atoms with Gasteiger partial charge in [-0.2, -0.15) is 9.57 Å². The van der Waals surface area contributed by atoms with Crippen LogP contribution in [0, 0.1) is 11.3 Å². The van der Waals surface area contributed by atoms with Gasteiger partial charge in [-0.3, -0.25) is 4.79 Å². The van der Waals surface area contributed by atoms with E-state index >= 15 is 0 Å². The molecule has 0 amide bonds. The minimum atomic E-state index is -3.95. The highest BCUT2D eigenvalue weighted by molar-refractivity contribution is 9.10. The molecule has 0 spiro atoms. The first-order valence-electron chi connectivity index (χ1n) is 5.68. The highest BCUT2D eigenvalue weighted by atomic mass is 79.9. The van der Waals surface area contributed by atoms with Gasteiger partial charge in [-0.15, -0.1) is 0 Å². The van der Waals surface area contributed by atoms with E-state index in [1.807, 2.05) is 6.07 Å². The molecule has 0 heterocycles. The number of carboxylic acid groups (broad SMARTS) is 1. The topological polar surface area (TPSA) is 98.5 Å². The van der Waals surface area contributed by atoms with E-state index in [1.165, 1.54) is 19.1 Å². The Hall–Kier alpha value is -1.43. The molecule has 1 aromatic rings. The quantitative estimate of drug-likeness (QED) is 0.834. The predicted octanol–water partition coefficient (Wildman–Crippen LogP) is 1.83. The molecule has 108 valence electrons. The Morgan fingerprint density at radius 3 is 2.45 bits per heavy atom. The van der Waals surface area contributed by atoms with Gasteiger partial charge in [0.25, 0.3) is 0 Å². The Morgan fingerprint density at radius 2 is 2.00 bits per heavy atom. The fraction of sp³-hybridized carbons (Fsp3) is 0.333. The Balaban J connectivity index is 3.20. The van der Waals surface area contributed by atoms with E-state index in [0.717, 1.165) is 4.31 Å². The molecule has 1 atom stereocenters. The molecule has 20 heavy (non-hydrogen) atoms. The van der Waals surface area contributed by atoms with Gasteiger partial charge >= 0.3 is 5.97 Å². The SMILES string of the molecule is CC(C(=O)O)N(CCC#N)S(=O)(=O)c1ccc(Br)cc1. The average molecular weight is 361 g/mol. The van der Waals surface area contributed by atoms with Gasteiger partial charge in [0, 0.05) is 17.4 Å². The molecule has 0 aliphatic carbocycles. The molecule has 0 saturated carbocycles. The molecular weight excluding hydrogens is 348 g/mol. The van der Waals surface area contributed by atoms with Gasteiger partial charge in [-0.05, 0) is 31.2 Å². The molecule has 0 aliphatic heterocycles. The number of carboxylic acids is 1. The zero-order valence-electron chi connectivity index (χ0n) is 10.7. The predicted molar refractivity (Wildman–Crippen MR) is 75.4 cm³/mol. The van der Waals surface area contributed by atoms with Crippen molar-refractivity contribution in [3.05, 3.63) is 28.7 Å². The molecule has 0 aromatic heterocycles. The number of aliphatic carboxylic acids is 1. The lowest BCUT2D eigenvalue weighted by Gasteiger charge is -2.24.